The van der Waals surface area contributed by atoms with Gasteiger partial charge in [-0.1, -0.05) is 23.5 Å². The van der Waals surface area contributed by atoms with Crippen LogP contribution in [0, 0.1) is 0 Å². The van der Waals surface area contributed by atoms with Crippen molar-refractivity contribution in [1.29, 1.82) is 0 Å². The van der Waals surface area contributed by atoms with Gasteiger partial charge in [0.2, 0.25) is 0 Å². The first-order valence-electron chi connectivity index (χ1n) is 9.59. The summed E-state index contributed by atoms with van der Waals surface area (Å²) in [5.74, 6) is 1.34. The van der Waals surface area contributed by atoms with Crippen molar-refractivity contribution in [2.45, 2.75) is 0 Å². The largest absolute Gasteiger partial charge is 0.493 e. The maximum Gasteiger partial charge on any atom is 0.282 e. The van der Waals surface area contributed by atoms with Gasteiger partial charge in [0.25, 0.3) is 5.91 Å². The van der Waals surface area contributed by atoms with Crippen molar-refractivity contribution in [3.05, 3.63) is 41.4 Å². The van der Waals surface area contributed by atoms with Gasteiger partial charge in [0.05, 0.1) is 29.1 Å². The van der Waals surface area contributed by atoms with E-state index in [9.17, 15) is 4.79 Å². The number of piperazine rings is 1. The predicted molar refractivity (Wildman–Crippen MR) is 120 cm³/mol. The Labute approximate surface area is 181 Å². The molecule has 1 saturated heterocycles. The van der Waals surface area contributed by atoms with Crippen molar-refractivity contribution >= 4 is 54.1 Å². The monoisotopic (exact) mass is 440 g/mol. The Balaban J connectivity index is 1.32. The van der Waals surface area contributed by atoms with Gasteiger partial charge in [0.1, 0.15) is 5.52 Å². The van der Waals surface area contributed by atoms with Crippen molar-refractivity contribution in [2.24, 2.45) is 0 Å². The third-order valence-electron chi connectivity index (χ3n) is 5.21. The number of para-hydroxylation sites is 1. The van der Waals surface area contributed by atoms with E-state index >= 15 is 0 Å². The number of nitrogens with zero attached hydrogens (tertiary/aromatic N) is 4. The number of methoxy groups -OCH3 is 2. The van der Waals surface area contributed by atoms with E-state index in [-0.39, 0.29) is 5.91 Å². The molecule has 7 nitrogen and oxygen atoms in total. The molecule has 0 atom stereocenters. The number of thiazole rings is 2. The molecule has 5 rings (SSSR count). The number of benzene rings is 2. The Hall–Kier alpha value is -2.91. The summed E-state index contributed by atoms with van der Waals surface area (Å²) in [4.78, 5) is 26.3. The summed E-state index contributed by atoms with van der Waals surface area (Å²) in [5, 5.41) is 1.49. The van der Waals surface area contributed by atoms with E-state index < -0.39 is 0 Å². The molecule has 1 aliphatic rings. The predicted octanol–water partition coefficient (Wildman–Crippen LogP) is 3.89. The highest BCUT2D eigenvalue weighted by Crippen LogP contribution is 2.40. The zero-order chi connectivity index (χ0) is 20.7. The summed E-state index contributed by atoms with van der Waals surface area (Å²) >= 11 is 3.08. The Morgan fingerprint density at radius 2 is 1.73 bits per heavy atom. The topological polar surface area (TPSA) is 67.8 Å². The van der Waals surface area contributed by atoms with Crippen LogP contribution in [0.15, 0.2) is 36.4 Å². The first-order valence-corrected chi connectivity index (χ1v) is 11.2. The minimum atomic E-state index is 0.00607. The lowest BCUT2D eigenvalue weighted by atomic mass is 10.3. The van der Waals surface area contributed by atoms with Crippen molar-refractivity contribution in [3.63, 3.8) is 0 Å². The molecular formula is C21H20N4O3S2. The molecule has 9 heteroatoms. The molecule has 0 spiro atoms. The third-order valence-corrected chi connectivity index (χ3v) is 7.31. The van der Waals surface area contributed by atoms with E-state index in [1.807, 2.05) is 41.3 Å². The van der Waals surface area contributed by atoms with E-state index in [1.165, 1.54) is 11.3 Å². The van der Waals surface area contributed by atoms with Crippen LogP contribution in [-0.4, -0.2) is 61.2 Å². The maximum atomic E-state index is 12.9. The Morgan fingerprint density at radius 3 is 2.47 bits per heavy atom. The van der Waals surface area contributed by atoms with Crippen LogP contribution in [0.2, 0.25) is 0 Å². The molecule has 154 valence electrons. The van der Waals surface area contributed by atoms with Gasteiger partial charge < -0.3 is 19.3 Å². The van der Waals surface area contributed by atoms with Gasteiger partial charge in [0.15, 0.2) is 21.6 Å². The first kappa shape index (κ1) is 19.1. The van der Waals surface area contributed by atoms with Crippen molar-refractivity contribution in [2.75, 3.05) is 45.3 Å². The quantitative estimate of drug-likeness (QED) is 0.480. The SMILES string of the molecule is COc1ccc2sc(N3CCN(C(=O)c4nc5ccccc5s4)CC3)nc2c1OC. The first-order chi connectivity index (χ1) is 14.7. The van der Waals surface area contributed by atoms with E-state index in [2.05, 4.69) is 9.88 Å². The smallest absolute Gasteiger partial charge is 0.282 e. The van der Waals surface area contributed by atoms with Crippen LogP contribution < -0.4 is 14.4 Å². The molecule has 4 aromatic rings. The highest BCUT2D eigenvalue weighted by Gasteiger charge is 2.26. The summed E-state index contributed by atoms with van der Waals surface area (Å²) in [6, 6.07) is 11.8. The van der Waals surface area contributed by atoms with Crippen LogP contribution in [0.1, 0.15) is 9.80 Å². The number of hydrogen-bond acceptors (Lipinski definition) is 8. The number of carbonyl (C=O) groups is 1. The fourth-order valence-electron chi connectivity index (χ4n) is 3.63. The van der Waals surface area contributed by atoms with Crippen LogP contribution in [0.5, 0.6) is 11.5 Å². The van der Waals surface area contributed by atoms with Crippen LogP contribution in [0.4, 0.5) is 5.13 Å². The zero-order valence-corrected chi connectivity index (χ0v) is 18.3. The van der Waals surface area contributed by atoms with Gasteiger partial charge in [-0.25, -0.2) is 9.97 Å². The second-order valence-electron chi connectivity index (χ2n) is 6.91. The number of amides is 1. The Kier molecular flexibility index (Phi) is 4.92. The molecule has 0 unspecified atom stereocenters. The third kappa shape index (κ3) is 3.23. The van der Waals surface area contributed by atoms with E-state index in [4.69, 9.17) is 14.5 Å². The number of aromatic nitrogens is 2. The molecule has 2 aromatic carbocycles. The minimum Gasteiger partial charge on any atom is -0.493 e. The molecule has 2 aromatic heterocycles. The fraction of sp³-hybridized carbons (Fsp3) is 0.286. The normalized spacial score (nSPS) is 14.5. The highest BCUT2D eigenvalue weighted by atomic mass is 32.1. The molecule has 1 aliphatic heterocycles. The van der Waals surface area contributed by atoms with Crippen LogP contribution in [0.3, 0.4) is 0 Å². The van der Waals surface area contributed by atoms with Crippen molar-refractivity contribution < 1.29 is 14.3 Å². The lowest BCUT2D eigenvalue weighted by Crippen LogP contribution is -2.48. The van der Waals surface area contributed by atoms with Crippen LogP contribution >= 0.6 is 22.7 Å². The number of hydrogen-bond donors (Lipinski definition) is 0. The fourth-order valence-corrected chi connectivity index (χ4v) is 5.58. The zero-order valence-electron chi connectivity index (χ0n) is 16.6. The molecule has 0 saturated carbocycles. The van der Waals surface area contributed by atoms with Gasteiger partial charge in [-0.2, -0.15) is 0 Å². The summed E-state index contributed by atoms with van der Waals surface area (Å²) in [6.45, 7) is 2.75. The number of rotatable bonds is 4. The maximum absolute atomic E-state index is 12.9. The molecule has 1 amide bonds. The Morgan fingerprint density at radius 1 is 0.933 bits per heavy atom. The lowest BCUT2D eigenvalue weighted by Gasteiger charge is -2.34. The molecule has 0 radical (unpaired) electrons. The molecule has 3 heterocycles. The summed E-state index contributed by atoms with van der Waals surface area (Å²) in [7, 11) is 3.25. The van der Waals surface area contributed by atoms with E-state index in [0.29, 0.717) is 29.6 Å². The Bertz CT molecular complexity index is 1190. The molecule has 0 aliphatic carbocycles. The summed E-state index contributed by atoms with van der Waals surface area (Å²) in [5.41, 5.74) is 1.69. The van der Waals surface area contributed by atoms with Crippen molar-refractivity contribution in [1.82, 2.24) is 14.9 Å². The average Bonchev–Trinajstić information content (AvgIpc) is 3.42. The van der Waals surface area contributed by atoms with Crippen LogP contribution in [-0.2, 0) is 0 Å². The number of fused-ring (bicyclic) bond motifs is 2. The number of anilines is 1. The summed E-state index contributed by atoms with van der Waals surface area (Å²) in [6.07, 6.45) is 0. The van der Waals surface area contributed by atoms with Gasteiger partial charge in [-0.15, -0.1) is 11.3 Å². The van der Waals surface area contributed by atoms with Crippen LogP contribution in [0.25, 0.3) is 20.4 Å². The van der Waals surface area contributed by atoms with Gasteiger partial charge in [-0.3, -0.25) is 4.79 Å². The second-order valence-corrected chi connectivity index (χ2v) is 8.95. The number of ether oxygens (including phenoxy) is 2. The molecule has 30 heavy (non-hydrogen) atoms. The van der Waals surface area contributed by atoms with Gasteiger partial charge in [0, 0.05) is 26.2 Å². The second kappa shape index (κ2) is 7.73. The number of carbonyl (C=O) groups excluding carboxylic acids is 1. The van der Waals surface area contributed by atoms with Crippen molar-refractivity contribution in [3.8, 4) is 11.5 Å². The standard InChI is InChI=1S/C21H20N4O3S2/c1-27-14-7-8-16-17(18(14)28-2)23-21(30-16)25-11-9-24(10-12-25)20(26)19-22-13-5-3-4-6-15(13)29-19/h3-8H,9-12H2,1-2H3. The lowest BCUT2D eigenvalue weighted by molar-refractivity contribution is 0.0746. The van der Waals surface area contributed by atoms with Gasteiger partial charge >= 0.3 is 0 Å². The summed E-state index contributed by atoms with van der Waals surface area (Å²) < 4.78 is 13.0. The molecule has 0 bridgehead atoms. The highest BCUT2D eigenvalue weighted by molar-refractivity contribution is 7.22. The minimum absolute atomic E-state index is 0.00607. The molecule has 1 fully saturated rings. The van der Waals surface area contributed by atoms with E-state index in [1.54, 1.807) is 25.6 Å². The van der Waals surface area contributed by atoms with E-state index in [0.717, 1.165) is 38.7 Å². The molecule has 0 N–H and O–H groups in total. The molecular weight excluding hydrogens is 420 g/mol. The van der Waals surface area contributed by atoms with Gasteiger partial charge in [-0.05, 0) is 24.3 Å². The average molecular weight is 441 g/mol.